The Kier molecular flexibility index (Phi) is 8.29. The van der Waals surface area contributed by atoms with Gasteiger partial charge in [0.15, 0.2) is 0 Å². The fourth-order valence-corrected chi connectivity index (χ4v) is 1.03. The number of hydrogen-bond donors (Lipinski definition) is 1. The molecule has 92 valence electrons. The average Bonchev–Trinajstić information content (AvgIpc) is 2.26. The molecule has 0 aromatic heterocycles. The van der Waals surface area contributed by atoms with Gasteiger partial charge in [0, 0.05) is 12.8 Å². The third-order valence-electron chi connectivity index (χ3n) is 1.81. The molecule has 16 heavy (non-hydrogen) atoms. The summed E-state index contributed by atoms with van der Waals surface area (Å²) in [5, 5.41) is 0. The van der Waals surface area contributed by atoms with Crippen molar-refractivity contribution < 1.29 is 14.2 Å². The second-order valence-electron chi connectivity index (χ2n) is 3.02. The number of rotatable bonds is 7. The maximum Gasteiger partial charge on any atom is 0.119 e. The monoisotopic (exact) mass is 227 g/mol. The fraction of sp³-hybridized carbons (Fsp3) is 0.500. The minimum Gasteiger partial charge on any atom is -0.491 e. The van der Waals surface area contributed by atoms with Gasteiger partial charge in [0.1, 0.15) is 12.4 Å². The Morgan fingerprint density at radius 3 is 2.25 bits per heavy atom. The Morgan fingerprint density at radius 1 is 1.00 bits per heavy atom. The molecule has 0 bridgehead atoms. The lowest BCUT2D eigenvalue weighted by Crippen LogP contribution is -2.09. The lowest BCUT2D eigenvalue weighted by Gasteiger charge is -2.06. The standard InChI is InChI=1S/C11H17NO3.CH4/c1-13-6-7-14-8-9-15-11-4-2-10(12)3-5-11;/h2-5H,6-9,12H2,1H3;1H4. The average molecular weight is 227 g/mol. The Bertz CT molecular complexity index is 261. The SMILES string of the molecule is C.COCCOCCOc1ccc(N)cc1. The van der Waals surface area contributed by atoms with Crippen LogP contribution in [0.2, 0.25) is 0 Å². The molecule has 0 aliphatic heterocycles. The van der Waals surface area contributed by atoms with Crippen molar-refractivity contribution in [1.29, 1.82) is 0 Å². The van der Waals surface area contributed by atoms with Gasteiger partial charge in [-0.2, -0.15) is 0 Å². The zero-order chi connectivity index (χ0) is 10.9. The lowest BCUT2D eigenvalue weighted by molar-refractivity contribution is 0.0544. The molecule has 4 heteroatoms. The summed E-state index contributed by atoms with van der Waals surface area (Å²) in [7, 11) is 1.65. The van der Waals surface area contributed by atoms with Gasteiger partial charge in [-0.1, -0.05) is 7.43 Å². The molecule has 0 atom stereocenters. The van der Waals surface area contributed by atoms with Crippen LogP contribution < -0.4 is 10.5 Å². The maximum absolute atomic E-state index is 5.54. The molecule has 0 fully saturated rings. The number of nitrogen functional groups attached to an aromatic ring is 1. The molecule has 2 N–H and O–H groups in total. The Labute approximate surface area is 97.3 Å². The summed E-state index contributed by atoms with van der Waals surface area (Å²) < 4.78 is 15.5. The van der Waals surface area contributed by atoms with E-state index in [4.69, 9.17) is 19.9 Å². The predicted molar refractivity (Wildman–Crippen MR) is 65.8 cm³/mol. The van der Waals surface area contributed by atoms with Gasteiger partial charge in [-0.3, -0.25) is 0 Å². The molecule has 1 rings (SSSR count). The smallest absolute Gasteiger partial charge is 0.119 e. The minimum atomic E-state index is 0. The summed E-state index contributed by atoms with van der Waals surface area (Å²) in [4.78, 5) is 0. The highest BCUT2D eigenvalue weighted by molar-refractivity contribution is 5.41. The zero-order valence-corrected chi connectivity index (χ0v) is 8.94. The summed E-state index contributed by atoms with van der Waals surface area (Å²) in [6.07, 6.45) is 0. The molecule has 0 unspecified atom stereocenters. The van der Waals surface area contributed by atoms with Crippen LogP contribution in [0.1, 0.15) is 7.43 Å². The third-order valence-corrected chi connectivity index (χ3v) is 1.81. The lowest BCUT2D eigenvalue weighted by atomic mass is 10.3. The summed E-state index contributed by atoms with van der Waals surface area (Å²) in [6.45, 7) is 2.31. The molecule has 0 aliphatic carbocycles. The molecule has 0 heterocycles. The molecule has 0 saturated heterocycles. The van der Waals surface area contributed by atoms with E-state index in [1.54, 1.807) is 19.2 Å². The quantitative estimate of drug-likeness (QED) is 0.571. The molecule has 0 aliphatic rings. The van der Waals surface area contributed by atoms with Gasteiger partial charge in [-0.15, -0.1) is 0 Å². The van der Waals surface area contributed by atoms with Crippen LogP contribution in [0, 0.1) is 0 Å². The van der Waals surface area contributed by atoms with Gasteiger partial charge in [0.05, 0.1) is 19.8 Å². The van der Waals surface area contributed by atoms with E-state index in [1.807, 2.05) is 12.1 Å². The van der Waals surface area contributed by atoms with E-state index < -0.39 is 0 Å². The van der Waals surface area contributed by atoms with Crippen molar-refractivity contribution >= 4 is 5.69 Å². The van der Waals surface area contributed by atoms with E-state index in [2.05, 4.69) is 0 Å². The molecule has 1 aromatic carbocycles. The van der Waals surface area contributed by atoms with Gasteiger partial charge in [0.2, 0.25) is 0 Å². The van der Waals surface area contributed by atoms with Crippen LogP contribution in [-0.4, -0.2) is 33.5 Å². The normalized spacial score (nSPS) is 9.56. The number of nitrogens with two attached hydrogens (primary N) is 1. The first-order valence-corrected chi connectivity index (χ1v) is 4.88. The van der Waals surface area contributed by atoms with Crippen molar-refractivity contribution in [3.8, 4) is 5.75 Å². The van der Waals surface area contributed by atoms with Crippen LogP contribution in [0.5, 0.6) is 5.75 Å². The molecule has 0 saturated carbocycles. The highest BCUT2D eigenvalue weighted by atomic mass is 16.5. The van der Waals surface area contributed by atoms with Crippen LogP contribution in [0.25, 0.3) is 0 Å². The molecule has 1 aromatic rings. The number of benzene rings is 1. The third kappa shape index (κ3) is 6.27. The number of hydrogen-bond acceptors (Lipinski definition) is 4. The molecule has 4 nitrogen and oxygen atoms in total. The van der Waals surface area contributed by atoms with E-state index in [1.165, 1.54) is 0 Å². The number of methoxy groups -OCH3 is 1. The summed E-state index contributed by atoms with van der Waals surface area (Å²) in [6, 6.07) is 7.29. The van der Waals surface area contributed by atoms with E-state index in [0.29, 0.717) is 26.4 Å². The van der Waals surface area contributed by atoms with Crippen LogP contribution in [0.4, 0.5) is 5.69 Å². The first-order valence-electron chi connectivity index (χ1n) is 4.88. The highest BCUT2D eigenvalue weighted by Crippen LogP contribution is 2.12. The van der Waals surface area contributed by atoms with Crippen molar-refractivity contribution in [1.82, 2.24) is 0 Å². The first kappa shape index (κ1) is 14.7. The maximum atomic E-state index is 5.54. The van der Waals surface area contributed by atoms with Gasteiger partial charge in [-0.25, -0.2) is 0 Å². The topological polar surface area (TPSA) is 53.7 Å². The van der Waals surface area contributed by atoms with Crippen molar-refractivity contribution in [2.75, 3.05) is 39.3 Å². The molecular formula is C12H21NO3. The van der Waals surface area contributed by atoms with Gasteiger partial charge in [0.25, 0.3) is 0 Å². The molecule has 0 radical (unpaired) electrons. The van der Waals surface area contributed by atoms with Gasteiger partial charge in [-0.05, 0) is 24.3 Å². The largest absolute Gasteiger partial charge is 0.491 e. The van der Waals surface area contributed by atoms with Crippen molar-refractivity contribution in [3.63, 3.8) is 0 Å². The van der Waals surface area contributed by atoms with Crippen LogP contribution in [-0.2, 0) is 9.47 Å². The van der Waals surface area contributed by atoms with Gasteiger partial charge < -0.3 is 19.9 Å². The Morgan fingerprint density at radius 2 is 1.62 bits per heavy atom. The minimum absolute atomic E-state index is 0. The summed E-state index contributed by atoms with van der Waals surface area (Å²) in [5.74, 6) is 0.805. The van der Waals surface area contributed by atoms with E-state index in [-0.39, 0.29) is 7.43 Å². The van der Waals surface area contributed by atoms with Crippen molar-refractivity contribution in [2.24, 2.45) is 0 Å². The Balaban J connectivity index is 0.00000225. The summed E-state index contributed by atoms with van der Waals surface area (Å²) >= 11 is 0. The van der Waals surface area contributed by atoms with Gasteiger partial charge >= 0.3 is 0 Å². The van der Waals surface area contributed by atoms with Crippen LogP contribution >= 0.6 is 0 Å². The molecule has 0 spiro atoms. The second kappa shape index (κ2) is 9.00. The first-order chi connectivity index (χ1) is 7.33. The van der Waals surface area contributed by atoms with Crippen LogP contribution in [0.15, 0.2) is 24.3 Å². The van der Waals surface area contributed by atoms with E-state index in [0.717, 1.165) is 11.4 Å². The number of ether oxygens (including phenoxy) is 3. The Hall–Kier alpha value is -1.26. The van der Waals surface area contributed by atoms with Crippen LogP contribution in [0.3, 0.4) is 0 Å². The van der Waals surface area contributed by atoms with E-state index >= 15 is 0 Å². The number of anilines is 1. The summed E-state index contributed by atoms with van der Waals surface area (Å²) in [5.41, 5.74) is 6.28. The molecular weight excluding hydrogens is 206 g/mol. The zero-order valence-electron chi connectivity index (χ0n) is 8.94. The highest BCUT2D eigenvalue weighted by Gasteiger charge is 1.93. The van der Waals surface area contributed by atoms with E-state index in [9.17, 15) is 0 Å². The van der Waals surface area contributed by atoms with Crippen molar-refractivity contribution in [3.05, 3.63) is 24.3 Å². The fourth-order valence-electron chi connectivity index (χ4n) is 1.03. The second-order valence-corrected chi connectivity index (χ2v) is 3.02. The predicted octanol–water partition coefficient (Wildman–Crippen LogP) is 1.95. The molecule has 0 amide bonds. The van der Waals surface area contributed by atoms with Crippen molar-refractivity contribution in [2.45, 2.75) is 7.43 Å².